The molecule has 1 aromatic heterocycles. The maximum absolute atomic E-state index is 11.9. The minimum atomic E-state index is -0.598. The molecule has 0 aliphatic carbocycles. The summed E-state index contributed by atoms with van der Waals surface area (Å²) in [6.45, 7) is 5.20. The molecule has 7 heteroatoms. The number of nitrogens with two attached hydrogens (primary N) is 1. The molecule has 1 fully saturated rings. The second-order valence-corrected chi connectivity index (χ2v) is 5.04. The SMILES string of the molecule is C=CCNC(=O)N1CCCC(Oc2ccnc(C(N)=O)c2)C1. The molecule has 0 aromatic carbocycles. The first-order valence-corrected chi connectivity index (χ1v) is 7.16. The first-order chi connectivity index (χ1) is 10.6. The summed E-state index contributed by atoms with van der Waals surface area (Å²) in [6.07, 6.45) is 4.70. The zero-order valence-electron chi connectivity index (χ0n) is 12.3. The third kappa shape index (κ3) is 4.21. The number of likely N-dealkylation sites (tertiary alicyclic amines) is 1. The van der Waals surface area contributed by atoms with Crippen LogP contribution in [0.5, 0.6) is 5.75 Å². The van der Waals surface area contributed by atoms with Crippen LogP contribution in [0.4, 0.5) is 4.79 Å². The second-order valence-electron chi connectivity index (χ2n) is 5.04. The molecule has 1 unspecified atom stereocenters. The van der Waals surface area contributed by atoms with Crippen LogP contribution in [-0.2, 0) is 0 Å². The van der Waals surface area contributed by atoms with E-state index < -0.39 is 5.91 Å². The molecule has 0 spiro atoms. The minimum absolute atomic E-state index is 0.119. The van der Waals surface area contributed by atoms with E-state index >= 15 is 0 Å². The van der Waals surface area contributed by atoms with Gasteiger partial charge >= 0.3 is 6.03 Å². The Morgan fingerprint density at radius 1 is 1.59 bits per heavy atom. The van der Waals surface area contributed by atoms with Gasteiger partial charge in [-0.2, -0.15) is 0 Å². The highest BCUT2D eigenvalue weighted by atomic mass is 16.5. The van der Waals surface area contributed by atoms with Crippen LogP contribution in [0.15, 0.2) is 31.0 Å². The number of nitrogens with zero attached hydrogens (tertiary/aromatic N) is 2. The monoisotopic (exact) mass is 304 g/mol. The highest BCUT2D eigenvalue weighted by molar-refractivity contribution is 5.91. The third-order valence-electron chi connectivity index (χ3n) is 3.35. The molecule has 0 radical (unpaired) electrons. The molecule has 7 nitrogen and oxygen atoms in total. The van der Waals surface area contributed by atoms with Gasteiger partial charge in [-0.25, -0.2) is 4.79 Å². The number of amides is 3. The van der Waals surface area contributed by atoms with Crippen molar-refractivity contribution in [2.75, 3.05) is 19.6 Å². The number of pyridine rings is 1. The van der Waals surface area contributed by atoms with E-state index in [0.717, 1.165) is 12.8 Å². The van der Waals surface area contributed by atoms with E-state index in [1.54, 1.807) is 17.0 Å². The number of piperidine rings is 1. The molecule has 2 rings (SSSR count). The number of rotatable bonds is 5. The molecule has 118 valence electrons. The van der Waals surface area contributed by atoms with E-state index in [1.807, 2.05) is 0 Å². The lowest BCUT2D eigenvalue weighted by Crippen LogP contribution is -2.48. The molecule has 1 aromatic rings. The summed E-state index contributed by atoms with van der Waals surface area (Å²) in [7, 11) is 0. The van der Waals surface area contributed by atoms with Crippen LogP contribution in [0.2, 0.25) is 0 Å². The lowest BCUT2D eigenvalue weighted by Gasteiger charge is -2.32. The Balaban J connectivity index is 1.95. The van der Waals surface area contributed by atoms with Crippen molar-refractivity contribution in [1.29, 1.82) is 0 Å². The van der Waals surface area contributed by atoms with Crippen LogP contribution in [0.1, 0.15) is 23.3 Å². The van der Waals surface area contributed by atoms with Gasteiger partial charge in [0.2, 0.25) is 0 Å². The van der Waals surface area contributed by atoms with Crippen LogP contribution >= 0.6 is 0 Å². The zero-order chi connectivity index (χ0) is 15.9. The van der Waals surface area contributed by atoms with Gasteiger partial charge in [-0.1, -0.05) is 6.08 Å². The largest absolute Gasteiger partial charge is 0.488 e. The maximum Gasteiger partial charge on any atom is 0.317 e. The predicted octanol–water partition coefficient (Wildman–Crippen LogP) is 0.919. The van der Waals surface area contributed by atoms with Crippen molar-refractivity contribution in [3.63, 3.8) is 0 Å². The summed E-state index contributed by atoms with van der Waals surface area (Å²) in [6, 6.07) is 3.06. The predicted molar refractivity (Wildman–Crippen MR) is 81.6 cm³/mol. The molecule has 0 saturated carbocycles. The van der Waals surface area contributed by atoms with E-state index in [-0.39, 0.29) is 17.8 Å². The second kappa shape index (κ2) is 7.44. The molecule has 1 atom stereocenters. The molecular formula is C15H20N4O3. The zero-order valence-corrected chi connectivity index (χ0v) is 12.3. The topological polar surface area (TPSA) is 97.6 Å². The number of hydrogen-bond donors (Lipinski definition) is 2. The number of hydrogen-bond acceptors (Lipinski definition) is 4. The van der Waals surface area contributed by atoms with Crippen molar-refractivity contribution in [2.24, 2.45) is 5.73 Å². The average molecular weight is 304 g/mol. The van der Waals surface area contributed by atoms with Gasteiger partial charge in [0.05, 0.1) is 6.54 Å². The van der Waals surface area contributed by atoms with Gasteiger partial charge in [-0.15, -0.1) is 6.58 Å². The van der Waals surface area contributed by atoms with Gasteiger partial charge < -0.3 is 20.7 Å². The fourth-order valence-electron chi connectivity index (χ4n) is 2.30. The Labute approximate surface area is 129 Å². The van der Waals surface area contributed by atoms with Gasteiger partial charge in [-0.3, -0.25) is 9.78 Å². The molecular weight excluding hydrogens is 284 g/mol. The molecule has 22 heavy (non-hydrogen) atoms. The quantitative estimate of drug-likeness (QED) is 0.790. The fourth-order valence-corrected chi connectivity index (χ4v) is 2.30. The number of carbonyl (C=O) groups excluding carboxylic acids is 2. The number of urea groups is 1. The Morgan fingerprint density at radius 3 is 3.14 bits per heavy atom. The van der Waals surface area contributed by atoms with E-state index in [1.165, 1.54) is 12.3 Å². The summed E-state index contributed by atoms with van der Waals surface area (Å²) in [5, 5.41) is 2.75. The first kappa shape index (κ1) is 15.8. The summed E-state index contributed by atoms with van der Waals surface area (Å²) in [5.41, 5.74) is 5.36. The molecule has 1 aliphatic heterocycles. The van der Waals surface area contributed by atoms with Crippen molar-refractivity contribution in [1.82, 2.24) is 15.2 Å². The number of carbonyl (C=O) groups is 2. The van der Waals surface area contributed by atoms with Crippen molar-refractivity contribution in [2.45, 2.75) is 18.9 Å². The van der Waals surface area contributed by atoms with E-state index in [4.69, 9.17) is 10.5 Å². The lowest BCUT2D eigenvalue weighted by atomic mass is 10.1. The lowest BCUT2D eigenvalue weighted by molar-refractivity contribution is 0.0982. The molecule has 3 N–H and O–H groups in total. The van der Waals surface area contributed by atoms with Gasteiger partial charge in [0.1, 0.15) is 17.5 Å². The Morgan fingerprint density at radius 2 is 2.41 bits per heavy atom. The minimum Gasteiger partial charge on any atom is -0.488 e. The summed E-state index contributed by atoms with van der Waals surface area (Å²) >= 11 is 0. The average Bonchev–Trinajstić information content (AvgIpc) is 2.53. The molecule has 1 saturated heterocycles. The molecule has 3 amide bonds. The highest BCUT2D eigenvalue weighted by Gasteiger charge is 2.24. The number of primary amides is 1. The van der Waals surface area contributed by atoms with Gasteiger partial charge in [0, 0.05) is 25.4 Å². The van der Waals surface area contributed by atoms with Gasteiger partial charge in [-0.05, 0) is 18.9 Å². The Bertz CT molecular complexity index is 561. The van der Waals surface area contributed by atoms with Crippen LogP contribution in [0.25, 0.3) is 0 Å². The maximum atomic E-state index is 11.9. The molecule has 0 bridgehead atoms. The van der Waals surface area contributed by atoms with E-state index in [9.17, 15) is 9.59 Å². The standard InChI is InChI=1S/C15H20N4O3/c1-2-6-18-15(21)19-8-3-4-12(10-19)22-11-5-7-17-13(9-11)14(16)20/h2,5,7,9,12H,1,3-4,6,8,10H2,(H2,16,20)(H,18,21). The molecule has 2 heterocycles. The van der Waals surface area contributed by atoms with Crippen LogP contribution < -0.4 is 15.8 Å². The summed E-state index contributed by atoms with van der Waals surface area (Å²) in [4.78, 5) is 28.6. The van der Waals surface area contributed by atoms with Crippen LogP contribution in [-0.4, -0.2) is 47.6 Å². The first-order valence-electron chi connectivity index (χ1n) is 7.16. The van der Waals surface area contributed by atoms with Crippen molar-refractivity contribution >= 4 is 11.9 Å². The fraction of sp³-hybridized carbons (Fsp3) is 0.400. The Hall–Kier alpha value is -2.57. The number of aromatic nitrogens is 1. The summed E-state index contributed by atoms with van der Waals surface area (Å²) < 4.78 is 5.84. The number of ether oxygens (including phenoxy) is 1. The van der Waals surface area contributed by atoms with Gasteiger partial charge in [0.25, 0.3) is 5.91 Å². The van der Waals surface area contributed by atoms with Crippen LogP contribution in [0.3, 0.4) is 0 Å². The van der Waals surface area contributed by atoms with Crippen molar-refractivity contribution < 1.29 is 14.3 Å². The molecule has 1 aliphatic rings. The third-order valence-corrected chi connectivity index (χ3v) is 3.35. The Kier molecular flexibility index (Phi) is 5.35. The van der Waals surface area contributed by atoms with Gasteiger partial charge in [0.15, 0.2) is 0 Å². The number of nitrogens with one attached hydrogen (secondary N) is 1. The van der Waals surface area contributed by atoms with Crippen molar-refractivity contribution in [3.05, 3.63) is 36.7 Å². The highest BCUT2D eigenvalue weighted by Crippen LogP contribution is 2.18. The smallest absolute Gasteiger partial charge is 0.317 e. The summed E-state index contributed by atoms with van der Waals surface area (Å²) in [5.74, 6) is -0.0679. The van der Waals surface area contributed by atoms with E-state index in [2.05, 4.69) is 16.9 Å². The van der Waals surface area contributed by atoms with Crippen molar-refractivity contribution in [3.8, 4) is 5.75 Å². The van der Waals surface area contributed by atoms with Crippen LogP contribution in [0, 0.1) is 0 Å². The van der Waals surface area contributed by atoms with E-state index in [0.29, 0.717) is 25.4 Å². The normalized spacial score (nSPS) is 17.6.